The summed E-state index contributed by atoms with van der Waals surface area (Å²) < 4.78 is 0. The quantitative estimate of drug-likeness (QED) is 0.856. The third-order valence-electron chi connectivity index (χ3n) is 4.29. The Morgan fingerprint density at radius 3 is 2.36 bits per heavy atom. The lowest BCUT2D eigenvalue weighted by Crippen LogP contribution is -2.44. The summed E-state index contributed by atoms with van der Waals surface area (Å²) in [5, 5.41) is 5.73. The van der Waals surface area contributed by atoms with Crippen molar-refractivity contribution < 1.29 is 4.79 Å². The van der Waals surface area contributed by atoms with Gasteiger partial charge in [0.25, 0.3) is 0 Å². The second-order valence-electron chi connectivity index (χ2n) is 6.20. The Labute approximate surface area is 148 Å². The number of likely N-dealkylation sites (N-methyl/N-ethyl adjacent to an activating group) is 1. The molecule has 0 aromatic carbocycles. The first-order valence-corrected chi connectivity index (χ1v) is 8.50. The molecule has 7 nitrogen and oxygen atoms in total. The van der Waals surface area contributed by atoms with Crippen LogP contribution in [0.25, 0.3) is 0 Å². The lowest BCUT2D eigenvalue weighted by atomic mass is 10.2. The van der Waals surface area contributed by atoms with Gasteiger partial charge in [-0.15, -0.1) is 0 Å². The maximum absolute atomic E-state index is 11.9. The SMILES string of the molecule is CN1CCN(c2cc(CNC(=O)NCc3ccncc3)ccn2)CC1. The van der Waals surface area contributed by atoms with E-state index in [9.17, 15) is 4.79 Å². The molecule has 1 saturated heterocycles. The number of urea groups is 1. The Kier molecular flexibility index (Phi) is 5.79. The zero-order chi connectivity index (χ0) is 17.5. The van der Waals surface area contributed by atoms with E-state index in [1.165, 1.54) is 0 Å². The van der Waals surface area contributed by atoms with Crippen molar-refractivity contribution in [3.8, 4) is 0 Å². The molecule has 2 N–H and O–H groups in total. The number of carbonyl (C=O) groups excluding carboxylic acids is 1. The fourth-order valence-electron chi connectivity index (χ4n) is 2.71. The number of nitrogens with zero attached hydrogens (tertiary/aromatic N) is 4. The molecule has 2 aromatic heterocycles. The van der Waals surface area contributed by atoms with Crippen LogP contribution in [-0.2, 0) is 13.1 Å². The Bertz CT molecular complexity index is 685. The van der Waals surface area contributed by atoms with Gasteiger partial charge in [-0.05, 0) is 42.4 Å². The third kappa shape index (κ3) is 5.15. The summed E-state index contributed by atoms with van der Waals surface area (Å²) in [7, 11) is 2.13. The van der Waals surface area contributed by atoms with Crippen LogP contribution in [0.4, 0.5) is 10.6 Å². The van der Waals surface area contributed by atoms with Crippen LogP contribution in [0.1, 0.15) is 11.1 Å². The van der Waals surface area contributed by atoms with E-state index in [1.807, 2.05) is 18.2 Å². The number of hydrogen-bond acceptors (Lipinski definition) is 5. The zero-order valence-electron chi connectivity index (χ0n) is 14.5. The molecule has 132 valence electrons. The van der Waals surface area contributed by atoms with Crippen LogP contribution in [-0.4, -0.2) is 54.1 Å². The molecule has 0 aliphatic carbocycles. The second kappa shape index (κ2) is 8.43. The highest BCUT2D eigenvalue weighted by Crippen LogP contribution is 2.14. The average molecular weight is 340 g/mol. The van der Waals surface area contributed by atoms with Crippen LogP contribution < -0.4 is 15.5 Å². The number of anilines is 1. The highest BCUT2D eigenvalue weighted by molar-refractivity contribution is 5.73. The summed E-state index contributed by atoms with van der Waals surface area (Å²) in [6, 6.07) is 7.56. The van der Waals surface area contributed by atoms with Crippen molar-refractivity contribution in [1.82, 2.24) is 25.5 Å². The Morgan fingerprint density at radius 2 is 1.64 bits per heavy atom. The first-order chi connectivity index (χ1) is 12.2. The molecule has 25 heavy (non-hydrogen) atoms. The van der Waals surface area contributed by atoms with E-state index in [0.717, 1.165) is 43.1 Å². The number of amides is 2. The monoisotopic (exact) mass is 340 g/mol. The molecule has 1 aliphatic rings. The van der Waals surface area contributed by atoms with Gasteiger partial charge in [0, 0.05) is 57.9 Å². The van der Waals surface area contributed by atoms with E-state index >= 15 is 0 Å². The summed E-state index contributed by atoms with van der Waals surface area (Å²) >= 11 is 0. The number of piperazine rings is 1. The van der Waals surface area contributed by atoms with E-state index in [4.69, 9.17) is 0 Å². The predicted octanol–water partition coefficient (Wildman–Crippen LogP) is 1.23. The number of hydrogen-bond donors (Lipinski definition) is 2. The van der Waals surface area contributed by atoms with Crippen LogP contribution in [0.3, 0.4) is 0 Å². The largest absolute Gasteiger partial charge is 0.354 e. The molecule has 7 heteroatoms. The first-order valence-electron chi connectivity index (χ1n) is 8.50. The van der Waals surface area contributed by atoms with Gasteiger partial charge in [0.1, 0.15) is 5.82 Å². The minimum absolute atomic E-state index is 0.185. The number of carbonyl (C=O) groups is 1. The standard InChI is InChI=1S/C18H24N6O/c1-23-8-10-24(11-9-23)17-12-16(4-7-20-17)14-22-18(25)21-13-15-2-5-19-6-3-15/h2-7,12H,8-11,13-14H2,1H3,(H2,21,22,25). The molecular weight excluding hydrogens is 316 g/mol. The van der Waals surface area contributed by atoms with Crippen molar-refractivity contribution in [2.24, 2.45) is 0 Å². The van der Waals surface area contributed by atoms with Crippen molar-refractivity contribution in [1.29, 1.82) is 0 Å². The van der Waals surface area contributed by atoms with E-state index in [0.29, 0.717) is 13.1 Å². The summed E-state index contributed by atoms with van der Waals surface area (Å²) in [5.41, 5.74) is 2.06. The average Bonchev–Trinajstić information content (AvgIpc) is 2.66. The fraction of sp³-hybridized carbons (Fsp3) is 0.389. The van der Waals surface area contributed by atoms with Crippen LogP contribution >= 0.6 is 0 Å². The smallest absolute Gasteiger partial charge is 0.315 e. The van der Waals surface area contributed by atoms with Crippen molar-refractivity contribution in [2.45, 2.75) is 13.1 Å². The second-order valence-corrected chi connectivity index (χ2v) is 6.20. The highest BCUT2D eigenvalue weighted by atomic mass is 16.2. The third-order valence-corrected chi connectivity index (χ3v) is 4.29. The normalized spacial score (nSPS) is 15.0. The minimum Gasteiger partial charge on any atom is -0.354 e. The van der Waals surface area contributed by atoms with Crippen LogP contribution in [0.2, 0.25) is 0 Å². The maximum atomic E-state index is 11.9. The fourth-order valence-corrected chi connectivity index (χ4v) is 2.71. The van der Waals surface area contributed by atoms with E-state index in [1.54, 1.807) is 18.6 Å². The Hall–Kier alpha value is -2.67. The zero-order valence-corrected chi connectivity index (χ0v) is 14.5. The molecule has 0 bridgehead atoms. The van der Waals surface area contributed by atoms with Crippen molar-refractivity contribution in [3.63, 3.8) is 0 Å². The summed E-state index contributed by atoms with van der Waals surface area (Å²) in [4.78, 5) is 25.0. The van der Waals surface area contributed by atoms with Gasteiger partial charge in [-0.3, -0.25) is 4.98 Å². The van der Waals surface area contributed by atoms with Crippen molar-refractivity contribution >= 4 is 11.8 Å². The van der Waals surface area contributed by atoms with Gasteiger partial charge in [-0.2, -0.15) is 0 Å². The van der Waals surface area contributed by atoms with Gasteiger partial charge >= 0.3 is 6.03 Å². The Balaban J connectivity index is 1.48. The van der Waals surface area contributed by atoms with Crippen molar-refractivity contribution in [2.75, 3.05) is 38.1 Å². The summed E-state index contributed by atoms with van der Waals surface area (Å²) in [5.74, 6) is 0.976. The van der Waals surface area contributed by atoms with Crippen LogP contribution in [0.15, 0.2) is 42.9 Å². The molecule has 1 fully saturated rings. The molecule has 2 aromatic rings. The molecule has 2 amide bonds. The first kappa shape index (κ1) is 17.2. The lowest BCUT2D eigenvalue weighted by Gasteiger charge is -2.33. The van der Waals surface area contributed by atoms with E-state index < -0.39 is 0 Å². The number of aromatic nitrogens is 2. The topological polar surface area (TPSA) is 73.4 Å². The molecule has 0 radical (unpaired) electrons. The number of rotatable bonds is 5. The predicted molar refractivity (Wildman–Crippen MR) is 97.3 cm³/mol. The highest BCUT2D eigenvalue weighted by Gasteiger charge is 2.15. The minimum atomic E-state index is -0.185. The van der Waals surface area contributed by atoms with Gasteiger partial charge in [0.2, 0.25) is 0 Å². The van der Waals surface area contributed by atoms with Crippen molar-refractivity contribution in [3.05, 3.63) is 54.0 Å². The molecule has 0 atom stereocenters. The molecule has 0 spiro atoms. The lowest BCUT2D eigenvalue weighted by molar-refractivity contribution is 0.240. The molecule has 1 aliphatic heterocycles. The Morgan fingerprint density at radius 1 is 1.00 bits per heavy atom. The molecule has 0 saturated carbocycles. The van der Waals surface area contributed by atoms with Gasteiger partial charge in [-0.1, -0.05) is 0 Å². The summed E-state index contributed by atoms with van der Waals surface area (Å²) in [6.07, 6.45) is 5.23. The van der Waals surface area contributed by atoms with Gasteiger partial charge < -0.3 is 20.4 Å². The summed E-state index contributed by atoms with van der Waals surface area (Å²) in [6.45, 7) is 5.01. The maximum Gasteiger partial charge on any atom is 0.315 e. The number of nitrogens with one attached hydrogen (secondary N) is 2. The van der Waals surface area contributed by atoms with Crippen LogP contribution in [0, 0.1) is 0 Å². The van der Waals surface area contributed by atoms with Crippen LogP contribution in [0.5, 0.6) is 0 Å². The molecule has 3 rings (SSSR count). The van der Waals surface area contributed by atoms with Gasteiger partial charge in [0.05, 0.1) is 0 Å². The molecule has 3 heterocycles. The molecular formula is C18H24N6O. The van der Waals surface area contributed by atoms with E-state index in [-0.39, 0.29) is 6.03 Å². The number of pyridine rings is 2. The van der Waals surface area contributed by atoms with Gasteiger partial charge in [0.15, 0.2) is 0 Å². The molecule has 0 unspecified atom stereocenters. The van der Waals surface area contributed by atoms with Gasteiger partial charge in [-0.25, -0.2) is 9.78 Å². The van der Waals surface area contributed by atoms with E-state index in [2.05, 4.69) is 43.5 Å².